The first kappa shape index (κ1) is 29.5. The summed E-state index contributed by atoms with van der Waals surface area (Å²) in [5.41, 5.74) is -1.96. The van der Waals surface area contributed by atoms with Crippen LogP contribution < -0.4 is 5.32 Å². The highest BCUT2D eigenvalue weighted by atomic mass is 35.5. The Bertz CT molecular complexity index is 1050. The van der Waals surface area contributed by atoms with Crippen LogP contribution in [0.25, 0.3) is 0 Å². The molecule has 210 valence electrons. The Kier molecular flexibility index (Phi) is 9.56. The highest BCUT2D eigenvalue weighted by Gasteiger charge is 2.37. The predicted octanol–water partition coefficient (Wildman–Crippen LogP) is 7.81. The van der Waals surface area contributed by atoms with Crippen LogP contribution >= 0.6 is 23.2 Å². The molecule has 2 aromatic rings. The summed E-state index contributed by atoms with van der Waals surface area (Å²) in [5, 5.41) is 3.87. The van der Waals surface area contributed by atoms with Gasteiger partial charge in [-0.05, 0) is 48.2 Å². The molecule has 1 N–H and O–H groups in total. The lowest BCUT2D eigenvalue weighted by atomic mass is 9.93. The Balaban J connectivity index is 1.49. The lowest BCUT2D eigenvalue weighted by molar-refractivity contribution is -0.143. The number of alkyl halides is 6. The molecule has 3 nitrogen and oxygen atoms in total. The molecule has 1 unspecified atom stereocenters. The van der Waals surface area contributed by atoms with Gasteiger partial charge in [0.05, 0.1) is 21.2 Å². The molecule has 1 heterocycles. The normalized spacial score (nSPS) is 19.6. The lowest BCUT2D eigenvalue weighted by Crippen LogP contribution is -2.52. The number of piperazine rings is 1. The van der Waals surface area contributed by atoms with E-state index < -0.39 is 23.5 Å². The Morgan fingerprint density at radius 2 is 1.45 bits per heavy atom. The first-order chi connectivity index (χ1) is 17.9. The minimum Gasteiger partial charge on any atom is -0.311 e. The van der Waals surface area contributed by atoms with Gasteiger partial charge in [0.15, 0.2) is 0 Å². The second-order valence-electron chi connectivity index (χ2n) is 10.1. The first-order valence-electron chi connectivity index (χ1n) is 12.8. The third-order valence-electron chi connectivity index (χ3n) is 7.54. The van der Waals surface area contributed by atoms with Gasteiger partial charge in [0, 0.05) is 51.4 Å². The largest absolute Gasteiger partial charge is 0.416 e. The smallest absolute Gasteiger partial charge is 0.311 e. The molecule has 2 aromatic carbocycles. The zero-order valence-corrected chi connectivity index (χ0v) is 22.3. The van der Waals surface area contributed by atoms with E-state index in [1.54, 1.807) is 12.1 Å². The van der Waals surface area contributed by atoms with Gasteiger partial charge in [-0.3, -0.25) is 9.80 Å². The molecule has 0 radical (unpaired) electrons. The Hall–Kier alpha value is -1.52. The molecule has 2 aliphatic rings. The SMILES string of the molecule is FC(F)(F)c1cc(CNCC(c2cccc(Cl)c2Cl)N2CCN(C3CCCCC3)CC2)cc(C(F)(F)F)c1. The van der Waals surface area contributed by atoms with Gasteiger partial charge in [0.1, 0.15) is 0 Å². The van der Waals surface area contributed by atoms with E-state index in [4.69, 9.17) is 23.2 Å². The molecule has 1 aliphatic carbocycles. The quantitative estimate of drug-likeness (QED) is 0.336. The topological polar surface area (TPSA) is 18.5 Å². The van der Waals surface area contributed by atoms with Crippen molar-refractivity contribution in [3.05, 3.63) is 68.7 Å². The monoisotopic (exact) mass is 581 g/mol. The van der Waals surface area contributed by atoms with E-state index in [0.717, 1.165) is 43.9 Å². The van der Waals surface area contributed by atoms with Crippen LogP contribution in [0.15, 0.2) is 36.4 Å². The van der Waals surface area contributed by atoms with Crippen molar-refractivity contribution in [2.75, 3.05) is 32.7 Å². The number of halogens is 8. The summed E-state index contributed by atoms with van der Waals surface area (Å²) < 4.78 is 79.6. The van der Waals surface area contributed by atoms with E-state index in [-0.39, 0.29) is 30.8 Å². The lowest BCUT2D eigenvalue weighted by Gasteiger charge is -2.43. The second-order valence-corrected chi connectivity index (χ2v) is 10.9. The van der Waals surface area contributed by atoms with Crippen LogP contribution in [0.4, 0.5) is 26.3 Å². The van der Waals surface area contributed by atoms with E-state index in [2.05, 4.69) is 15.1 Å². The summed E-state index contributed by atoms with van der Waals surface area (Å²) in [6.07, 6.45) is -3.56. The Labute approximate surface area is 229 Å². The highest BCUT2D eigenvalue weighted by Crippen LogP contribution is 2.37. The fourth-order valence-electron chi connectivity index (χ4n) is 5.55. The van der Waals surface area contributed by atoms with E-state index in [1.807, 2.05) is 6.07 Å². The molecule has 1 atom stereocenters. The van der Waals surface area contributed by atoms with Crippen molar-refractivity contribution in [1.29, 1.82) is 0 Å². The van der Waals surface area contributed by atoms with Crippen LogP contribution in [0.2, 0.25) is 10.0 Å². The number of nitrogens with one attached hydrogen (secondary N) is 1. The van der Waals surface area contributed by atoms with Gasteiger partial charge >= 0.3 is 12.4 Å². The molecule has 2 fully saturated rings. The summed E-state index contributed by atoms with van der Waals surface area (Å²) in [6.45, 7) is 3.44. The van der Waals surface area contributed by atoms with Crippen LogP contribution in [-0.2, 0) is 18.9 Å². The zero-order valence-electron chi connectivity index (χ0n) is 20.8. The maximum absolute atomic E-state index is 13.3. The Morgan fingerprint density at radius 3 is 2.03 bits per heavy atom. The van der Waals surface area contributed by atoms with Gasteiger partial charge in [-0.2, -0.15) is 26.3 Å². The van der Waals surface area contributed by atoms with Crippen molar-refractivity contribution < 1.29 is 26.3 Å². The molecular weight excluding hydrogens is 551 g/mol. The van der Waals surface area contributed by atoms with Crippen LogP contribution in [0, 0.1) is 0 Å². The van der Waals surface area contributed by atoms with Crippen LogP contribution in [0.1, 0.15) is 60.4 Å². The molecule has 1 saturated heterocycles. The fraction of sp³-hybridized carbons (Fsp3) is 0.556. The third kappa shape index (κ3) is 7.36. The molecule has 1 aliphatic heterocycles. The zero-order chi connectivity index (χ0) is 27.5. The molecule has 38 heavy (non-hydrogen) atoms. The van der Waals surface area contributed by atoms with Gasteiger partial charge in [0.25, 0.3) is 0 Å². The first-order valence-corrected chi connectivity index (χ1v) is 13.6. The molecule has 4 rings (SSSR count). The van der Waals surface area contributed by atoms with Crippen molar-refractivity contribution in [3.8, 4) is 0 Å². The molecule has 0 spiro atoms. The molecule has 0 bridgehead atoms. The van der Waals surface area contributed by atoms with Crippen molar-refractivity contribution in [2.24, 2.45) is 0 Å². The molecule has 0 amide bonds. The van der Waals surface area contributed by atoms with E-state index >= 15 is 0 Å². The summed E-state index contributed by atoms with van der Waals surface area (Å²) in [7, 11) is 0. The Morgan fingerprint density at radius 1 is 0.842 bits per heavy atom. The van der Waals surface area contributed by atoms with Gasteiger partial charge in [0.2, 0.25) is 0 Å². The second kappa shape index (κ2) is 12.3. The molecule has 11 heteroatoms. The van der Waals surface area contributed by atoms with Gasteiger partial charge < -0.3 is 5.32 Å². The van der Waals surface area contributed by atoms with Crippen molar-refractivity contribution >= 4 is 23.2 Å². The number of nitrogens with zero attached hydrogens (tertiary/aromatic N) is 2. The maximum Gasteiger partial charge on any atom is 0.416 e. The van der Waals surface area contributed by atoms with Gasteiger partial charge in [-0.1, -0.05) is 54.6 Å². The third-order valence-corrected chi connectivity index (χ3v) is 8.37. The van der Waals surface area contributed by atoms with Crippen LogP contribution in [0.5, 0.6) is 0 Å². The van der Waals surface area contributed by atoms with E-state index in [9.17, 15) is 26.3 Å². The van der Waals surface area contributed by atoms with Crippen molar-refractivity contribution in [2.45, 2.75) is 63.1 Å². The average Bonchev–Trinajstić information content (AvgIpc) is 2.88. The number of benzene rings is 2. The van der Waals surface area contributed by atoms with E-state index in [1.165, 1.54) is 32.1 Å². The highest BCUT2D eigenvalue weighted by molar-refractivity contribution is 6.42. The van der Waals surface area contributed by atoms with Crippen LogP contribution in [0.3, 0.4) is 0 Å². The molecule has 1 saturated carbocycles. The summed E-state index contributed by atoms with van der Waals surface area (Å²) in [6, 6.07) is 7.34. The van der Waals surface area contributed by atoms with E-state index in [0.29, 0.717) is 16.1 Å². The summed E-state index contributed by atoms with van der Waals surface area (Å²) >= 11 is 12.8. The minimum absolute atomic E-state index is 0.0924. The standard InChI is InChI=1S/C27H31Cl2F6N3/c28-23-8-4-7-22(25(23)29)24(38-11-9-37(10-12-38)21-5-2-1-3-6-21)17-36-16-18-13-19(26(30,31)32)15-20(14-18)27(33,34)35/h4,7-8,13-15,21,24,36H,1-3,5-6,9-12,16-17H2. The van der Waals surface area contributed by atoms with Gasteiger partial charge in [-0.15, -0.1) is 0 Å². The van der Waals surface area contributed by atoms with Crippen molar-refractivity contribution in [1.82, 2.24) is 15.1 Å². The maximum atomic E-state index is 13.3. The summed E-state index contributed by atoms with van der Waals surface area (Å²) in [4.78, 5) is 4.79. The fourth-order valence-corrected chi connectivity index (χ4v) is 5.98. The molecular formula is C27H31Cl2F6N3. The van der Waals surface area contributed by atoms with Crippen LogP contribution in [-0.4, -0.2) is 48.6 Å². The minimum atomic E-state index is -4.88. The predicted molar refractivity (Wildman–Crippen MR) is 137 cm³/mol. The summed E-state index contributed by atoms with van der Waals surface area (Å²) in [5.74, 6) is 0. The number of rotatable bonds is 7. The number of hydrogen-bond acceptors (Lipinski definition) is 3. The average molecular weight is 582 g/mol. The van der Waals surface area contributed by atoms with Crippen molar-refractivity contribution in [3.63, 3.8) is 0 Å². The molecule has 0 aromatic heterocycles. The van der Waals surface area contributed by atoms with Gasteiger partial charge in [-0.25, -0.2) is 0 Å². The number of hydrogen-bond donors (Lipinski definition) is 1.